The number of anilines is 2. The number of hydrogen-bond donors (Lipinski definition) is 1. The van der Waals surface area contributed by atoms with Crippen molar-refractivity contribution in [3.05, 3.63) is 18.2 Å². The van der Waals surface area contributed by atoms with E-state index in [0.29, 0.717) is 5.69 Å². The number of nitrogen functional groups attached to an aromatic ring is 1. The molecule has 0 fully saturated rings. The summed E-state index contributed by atoms with van der Waals surface area (Å²) in [6.45, 7) is 6.12. The second-order valence-corrected chi connectivity index (χ2v) is 5.47. The molecule has 0 aliphatic heterocycles. The Labute approximate surface area is 117 Å². The third-order valence-corrected chi connectivity index (χ3v) is 2.90. The highest BCUT2D eigenvalue weighted by Gasteiger charge is 2.07. The maximum Gasteiger partial charge on any atom is 0.144 e. The lowest BCUT2D eigenvalue weighted by Crippen LogP contribution is -2.23. The van der Waals surface area contributed by atoms with Gasteiger partial charge in [0, 0.05) is 25.3 Å². The summed E-state index contributed by atoms with van der Waals surface area (Å²) in [5, 5.41) is 0. The summed E-state index contributed by atoms with van der Waals surface area (Å²) in [4.78, 5) is 4.43. The van der Waals surface area contributed by atoms with E-state index in [1.54, 1.807) is 0 Å². The van der Waals surface area contributed by atoms with Gasteiger partial charge in [0.25, 0.3) is 0 Å². The maximum atomic E-state index is 5.93. The molecule has 1 aromatic rings. The monoisotopic (exact) mass is 265 g/mol. The highest BCUT2D eigenvalue weighted by atomic mass is 16.5. The molecular formula is C15H27N3O. The van der Waals surface area contributed by atoms with E-state index in [-0.39, 0.29) is 6.10 Å². The zero-order valence-corrected chi connectivity index (χ0v) is 12.8. The van der Waals surface area contributed by atoms with Crippen molar-refractivity contribution < 1.29 is 4.74 Å². The van der Waals surface area contributed by atoms with Crippen molar-refractivity contribution in [2.45, 2.75) is 26.4 Å². The van der Waals surface area contributed by atoms with Crippen LogP contribution in [-0.2, 0) is 0 Å². The molecule has 0 atom stereocenters. The molecular weight excluding hydrogens is 238 g/mol. The van der Waals surface area contributed by atoms with Crippen LogP contribution in [0.15, 0.2) is 18.2 Å². The molecule has 0 aliphatic rings. The third-order valence-electron chi connectivity index (χ3n) is 2.90. The Morgan fingerprint density at radius 3 is 2.42 bits per heavy atom. The van der Waals surface area contributed by atoms with Crippen LogP contribution in [0.25, 0.3) is 0 Å². The molecule has 0 saturated heterocycles. The van der Waals surface area contributed by atoms with Gasteiger partial charge < -0.3 is 20.3 Å². The molecule has 108 valence electrons. The first-order valence-corrected chi connectivity index (χ1v) is 6.82. The molecule has 0 bridgehead atoms. The lowest BCUT2D eigenvalue weighted by atomic mass is 10.2. The molecule has 0 amide bonds. The van der Waals surface area contributed by atoms with Gasteiger partial charge in [-0.3, -0.25) is 0 Å². The lowest BCUT2D eigenvalue weighted by Gasteiger charge is -2.22. The molecule has 1 aromatic carbocycles. The van der Waals surface area contributed by atoms with Crippen LogP contribution in [-0.4, -0.2) is 45.2 Å². The number of benzene rings is 1. The van der Waals surface area contributed by atoms with Gasteiger partial charge in [0.05, 0.1) is 11.8 Å². The minimum Gasteiger partial charge on any atom is -0.489 e. The van der Waals surface area contributed by atoms with Crippen LogP contribution in [0.5, 0.6) is 5.75 Å². The molecule has 19 heavy (non-hydrogen) atoms. The minimum atomic E-state index is 0.136. The van der Waals surface area contributed by atoms with Crippen LogP contribution in [0.4, 0.5) is 11.4 Å². The number of nitrogens with zero attached hydrogens (tertiary/aromatic N) is 2. The average Bonchev–Trinajstić information content (AvgIpc) is 2.30. The topological polar surface area (TPSA) is 41.7 Å². The first-order valence-electron chi connectivity index (χ1n) is 6.82. The maximum absolute atomic E-state index is 5.93. The van der Waals surface area contributed by atoms with Crippen molar-refractivity contribution in [3.8, 4) is 5.75 Å². The van der Waals surface area contributed by atoms with Crippen LogP contribution >= 0.6 is 0 Å². The fourth-order valence-corrected chi connectivity index (χ4v) is 1.87. The molecule has 4 nitrogen and oxygen atoms in total. The number of nitrogens with two attached hydrogens (primary N) is 1. The predicted molar refractivity (Wildman–Crippen MR) is 83.1 cm³/mol. The van der Waals surface area contributed by atoms with E-state index in [1.165, 1.54) is 0 Å². The number of ether oxygens (including phenoxy) is 1. The molecule has 2 N–H and O–H groups in total. The summed E-state index contributed by atoms with van der Waals surface area (Å²) >= 11 is 0. The van der Waals surface area contributed by atoms with Crippen LogP contribution in [0.3, 0.4) is 0 Å². The largest absolute Gasteiger partial charge is 0.489 e. The van der Waals surface area contributed by atoms with Crippen molar-refractivity contribution in [2.75, 3.05) is 44.9 Å². The SMILES string of the molecule is CC(C)Oc1cc(N(C)CCCN(C)C)ccc1N. The summed E-state index contributed by atoms with van der Waals surface area (Å²) in [6.07, 6.45) is 1.27. The first-order chi connectivity index (χ1) is 8.90. The van der Waals surface area contributed by atoms with E-state index in [2.05, 4.69) is 30.9 Å². The van der Waals surface area contributed by atoms with E-state index >= 15 is 0 Å². The predicted octanol–water partition coefficient (Wildman–Crippen LogP) is 2.44. The van der Waals surface area contributed by atoms with Gasteiger partial charge >= 0.3 is 0 Å². The van der Waals surface area contributed by atoms with E-state index in [1.807, 2.05) is 32.0 Å². The van der Waals surface area contributed by atoms with Gasteiger partial charge in [0.2, 0.25) is 0 Å². The normalized spacial score (nSPS) is 11.1. The van der Waals surface area contributed by atoms with Gasteiger partial charge in [0.15, 0.2) is 0 Å². The van der Waals surface area contributed by atoms with Crippen LogP contribution in [0.1, 0.15) is 20.3 Å². The van der Waals surface area contributed by atoms with Crippen molar-refractivity contribution >= 4 is 11.4 Å². The number of rotatable bonds is 7. The van der Waals surface area contributed by atoms with E-state index < -0.39 is 0 Å². The summed E-state index contributed by atoms with van der Waals surface area (Å²) < 4.78 is 5.72. The number of hydrogen-bond acceptors (Lipinski definition) is 4. The Kier molecular flexibility index (Phi) is 5.96. The van der Waals surface area contributed by atoms with Crippen molar-refractivity contribution in [1.29, 1.82) is 0 Å². The molecule has 0 radical (unpaired) electrons. The molecule has 0 heterocycles. The quantitative estimate of drug-likeness (QED) is 0.769. The zero-order chi connectivity index (χ0) is 14.4. The van der Waals surface area contributed by atoms with E-state index in [0.717, 1.165) is 30.9 Å². The highest BCUT2D eigenvalue weighted by Crippen LogP contribution is 2.28. The lowest BCUT2D eigenvalue weighted by molar-refractivity contribution is 0.244. The smallest absolute Gasteiger partial charge is 0.144 e. The minimum absolute atomic E-state index is 0.136. The fraction of sp³-hybridized carbons (Fsp3) is 0.600. The second kappa shape index (κ2) is 7.24. The Bertz CT molecular complexity index is 391. The van der Waals surface area contributed by atoms with Crippen molar-refractivity contribution in [3.63, 3.8) is 0 Å². The van der Waals surface area contributed by atoms with Crippen molar-refractivity contribution in [1.82, 2.24) is 4.90 Å². The summed E-state index contributed by atoms with van der Waals surface area (Å²) in [6, 6.07) is 5.97. The van der Waals surface area contributed by atoms with Gasteiger partial charge in [-0.1, -0.05) is 0 Å². The van der Waals surface area contributed by atoms with E-state index in [4.69, 9.17) is 10.5 Å². The van der Waals surface area contributed by atoms with Gasteiger partial charge in [0.1, 0.15) is 5.75 Å². The van der Waals surface area contributed by atoms with Crippen molar-refractivity contribution in [2.24, 2.45) is 0 Å². The third kappa shape index (κ3) is 5.39. The Balaban J connectivity index is 2.66. The second-order valence-electron chi connectivity index (χ2n) is 5.47. The molecule has 0 saturated carbocycles. The van der Waals surface area contributed by atoms with Crippen LogP contribution in [0.2, 0.25) is 0 Å². The highest BCUT2D eigenvalue weighted by molar-refractivity contribution is 5.62. The molecule has 4 heteroatoms. The molecule has 0 spiro atoms. The standard InChI is InChI=1S/C15H27N3O/c1-12(2)19-15-11-13(7-8-14(15)16)18(5)10-6-9-17(3)4/h7-8,11-12H,6,9-10,16H2,1-5H3. The summed E-state index contributed by atoms with van der Waals surface area (Å²) in [5.74, 6) is 0.770. The molecule has 0 aromatic heterocycles. The summed E-state index contributed by atoms with van der Waals surface area (Å²) in [5.41, 5.74) is 7.76. The summed E-state index contributed by atoms with van der Waals surface area (Å²) in [7, 11) is 6.29. The van der Waals surface area contributed by atoms with Gasteiger partial charge in [-0.2, -0.15) is 0 Å². The molecule has 0 unspecified atom stereocenters. The van der Waals surface area contributed by atoms with E-state index in [9.17, 15) is 0 Å². The van der Waals surface area contributed by atoms with Gasteiger partial charge in [-0.05, 0) is 53.0 Å². The average molecular weight is 265 g/mol. The molecule has 1 rings (SSSR count). The van der Waals surface area contributed by atoms with Gasteiger partial charge in [-0.15, -0.1) is 0 Å². The van der Waals surface area contributed by atoms with Gasteiger partial charge in [-0.25, -0.2) is 0 Å². The van der Waals surface area contributed by atoms with Crippen LogP contribution in [0, 0.1) is 0 Å². The molecule has 0 aliphatic carbocycles. The fourth-order valence-electron chi connectivity index (χ4n) is 1.87. The first kappa shape index (κ1) is 15.6. The Hall–Kier alpha value is -1.42. The zero-order valence-electron chi connectivity index (χ0n) is 12.8. The van der Waals surface area contributed by atoms with Crippen LogP contribution < -0.4 is 15.4 Å². The Morgan fingerprint density at radius 2 is 1.84 bits per heavy atom. The Morgan fingerprint density at radius 1 is 1.16 bits per heavy atom.